The largest absolute Gasteiger partial charge is 0.325 e. The highest BCUT2D eigenvalue weighted by molar-refractivity contribution is 7.93. The first-order chi connectivity index (χ1) is 7.22. The highest BCUT2D eigenvalue weighted by Gasteiger charge is 2.19. The maximum atomic E-state index is 11.4. The third kappa shape index (κ3) is 2.01. The van der Waals surface area contributed by atoms with Gasteiger partial charge in [-0.25, -0.2) is 0 Å². The maximum absolute atomic E-state index is 11.4. The zero-order valence-corrected chi connectivity index (χ0v) is 9.38. The SMILES string of the molecule is CC(=O)N1CCCc2cc(SO)ccc21. The molecular weight excluding hydrogens is 210 g/mol. The number of carbonyl (C=O) groups excluding carboxylic acids is 1. The summed E-state index contributed by atoms with van der Waals surface area (Å²) in [5.74, 6) is 0.0837. The lowest BCUT2D eigenvalue weighted by Crippen LogP contribution is -2.33. The minimum atomic E-state index is 0.0837. The van der Waals surface area contributed by atoms with Gasteiger partial charge in [-0.05, 0) is 36.6 Å². The predicted octanol–water partition coefficient (Wildman–Crippen LogP) is 2.55. The number of carbonyl (C=O) groups is 1. The van der Waals surface area contributed by atoms with Gasteiger partial charge in [0.25, 0.3) is 0 Å². The average Bonchev–Trinajstić information content (AvgIpc) is 2.27. The molecule has 0 aromatic heterocycles. The summed E-state index contributed by atoms with van der Waals surface area (Å²) in [6.07, 6.45) is 1.97. The summed E-state index contributed by atoms with van der Waals surface area (Å²) in [4.78, 5) is 14.0. The molecule has 0 spiro atoms. The van der Waals surface area contributed by atoms with Crippen molar-refractivity contribution >= 4 is 23.6 Å². The van der Waals surface area contributed by atoms with Crippen molar-refractivity contribution in [2.75, 3.05) is 11.4 Å². The Bertz CT molecular complexity index is 392. The van der Waals surface area contributed by atoms with E-state index >= 15 is 0 Å². The van der Waals surface area contributed by atoms with Crippen LogP contribution in [0.3, 0.4) is 0 Å². The molecule has 1 N–H and O–H groups in total. The number of anilines is 1. The van der Waals surface area contributed by atoms with Gasteiger partial charge in [-0.2, -0.15) is 0 Å². The van der Waals surface area contributed by atoms with Gasteiger partial charge < -0.3 is 9.45 Å². The molecule has 1 amide bonds. The molecule has 0 saturated heterocycles. The van der Waals surface area contributed by atoms with E-state index in [1.165, 1.54) is 0 Å². The van der Waals surface area contributed by atoms with Gasteiger partial charge in [0.2, 0.25) is 5.91 Å². The molecule has 15 heavy (non-hydrogen) atoms. The van der Waals surface area contributed by atoms with Gasteiger partial charge in [-0.1, -0.05) is 0 Å². The number of hydrogen-bond acceptors (Lipinski definition) is 3. The van der Waals surface area contributed by atoms with Crippen LogP contribution in [0.25, 0.3) is 0 Å². The lowest BCUT2D eigenvalue weighted by molar-refractivity contribution is -0.116. The Morgan fingerprint density at radius 2 is 2.33 bits per heavy atom. The standard InChI is InChI=1S/C11H13NO2S/c1-8(13)12-6-2-3-9-7-10(15-14)4-5-11(9)12/h4-5,7,14H,2-3,6H2,1H3. The van der Waals surface area contributed by atoms with Crippen LogP contribution in [0.5, 0.6) is 0 Å². The molecule has 0 fully saturated rings. The fraction of sp³-hybridized carbons (Fsp3) is 0.364. The number of benzene rings is 1. The molecule has 3 nitrogen and oxygen atoms in total. The first-order valence-corrected chi connectivity index (χ1v) is 5.72. The van der Waals surface area contributed by atoms with E-state index in [9.17, 15) is 4.79 Å². The Morgan fingerprint density at radius 3 is 3.00 bits per heavy atom. The van der Waals surface area contributed by atoms with Crippen molar-refractivity contribution in [1.29, 1.82) is 0 Å². The monoisotopic (exact) mass is 223 g/mol. The Morgan fingerprint density at radius 1 is 1.53 bits per heavy atom. The van der Waals surface area contributed by atoms with E-state index in [-0.39, 0.29) is 5.91 Å². The van der Waals surface area contributed by atoms with Crippen LogP contribution in [0, 0.1) is 0 Å². The van der Waals surface area contributed by atoms with Crippen LogP contribution in [0.4, 0.5) is 5.69 Å². The zero-order valence-electron chi connectivity index (χ0n) is 8.56. The number of aryl methyl sites for hydroxylation is 1. The molecule has 1 aliphatic heterocycles. The van der Waals surface area contributed by atoms with Crippen LogP contribution in [0.1, 0.15) is 18.9 Å². The van der Waals surface area contributed by atoms with E-state index in [0.29, 0.717) is 0 Å². The molecule has 80 valence electrons. The molecule has 0 unspecified atom stereocenters. The van der Waals surface area contributed by atoms with E-state index in [1.807, 2.05) is 18.2 Å². The fourth-order valence-corrected chi connectivity index (χ4v) is 2.28. The molecule has 1 aromatic rings. The number of hydrogen-bond donors (Lipinski definition) is 1. The molecule has 0 radical (unpaired) electrons. The van der Waals surface area contributed by atoms with Gasteiger partial charge in [-0.3, -0.25) is 4.79 Å². The Hall–Kier alpha value is -1.00. The van der Waals surface area contributed by atoms with Crippen molar-refractivity contribution in [3.63, 3.8) is 0 Å². The lowest BCUT2D eigenvalue weighted by atomic mass is 10.0. The first-order valence-electron chi connectivity index (χ1n) is 4.95. The second-order valence-corrected chi connectivity index (χ2v) is 4.31. The summed E-state index contributed by atoms with van der Waals surface area (Å²) in [6, 6.07) is 5.70. The van der Waals surface area contributed by atoms with Gasteiger partial charge in [0.1, 0.15) is 0 Å². The van der Waals surface area contributed by atoms with Crippen molar-refractivity contribution in [3.8, 4) is 0 Å². The van der Waals surface area contributed by atoms with Gasteiger partial charge in [0.05, 0.1) is 0 Å². The van der Waals surface area contributed by atoms with Crippen LogP contribution in [-0.4, -0.2) is 17.0 Å². The van der Waals surface area contributed by atoms with Gasteiger partial charge in [0.15, 0.2) is 0 Å². The Labute approximate surface area is 93.3 Å². The van der Waals surface area contributed by atoms with E-state index in [1.54, 1.807) is 11.8 Å². The van der Waals surface area contributed by atoms with E-state index in [4.69, 9.17) is 4.55 Å². The highest BCUT2D eigenvalue weighted by atomic mass is 32.2. The Kier molecular flexibility index (Phi) is 2.98. The highest BCUT2D eigenvalue weighted by Crippen LogP contribution is 2.30. The molecule has 1 aliphatic rings. The number of fused-ring (bicyclic) bond motifs is 1. The third-order valence-corrected chi connectivity index (χ3v) is 3.12. The minimum Gasteiger partial charge on any atom is -0.325 e. The van der Waals surface area contributed by atoms with E-state index in [2.05, 4.69) is 0 Å². The molecule has 4 heteroatoms. The van der Waals surface area contributed by atoms with Gasteiger partial charge >= 0.3 is 0 Å². The quantitative estimate of drug-likeness (QED) is 0.744. The molecular formula is C11H13NO2S. The molecule has 1 aromatic carbocycles. The average molecular weight is 223 g/mol. The predicted molar refractivity (Wildman–Crippen MR) is 61.3 cm³/mol. The fourth-order valence-electron chi connectivity index (χ4n) is 1.96. The molecule has 0 bridgehead atoms. The summed E-state index contributed by atoms with van der Waals surface area (Å²) < 4.78 is 8.95. The van der Waals surface area contributed by atoms with Crippen LogP contribution in [0.2, 0.25) is 0 Å². The van der Waals surface area contributed by atoms with Crippen LogP contribution in [0.15, 0.2) is 23.1 Å². The first kappa shape index (κ1) is 10.5. The van der Waals surface area contributed by atoms with Crippen LogP contribution in [-0.2, 0) is 11.2 Å². The zero-order chi connectivity index (χ0) is 10.8. The Balaban J connectivity index is 2.40. The smallest absolute Gasteiger partial charge is 0.223 e. The molecule has 2 rings (SSSR count). The molecule has 0 aliphatic carbocycles. The number of nitrogens with zero attached hydrogens (tertiary/aromatic N) is 1. The second kappa shape index (κ2) is 4.24. The third-order valence-electron chi connectivity index (χ3n) is 2.66. The van der Waals surface area contributed by atoms with E-state index < -0.39 is 0 Å². The summed E-state index contributed by atoms with van der Waals surface area (Å²) >= 11 is 0.748. The number of rotatable bonds is 1. The van der Waals surface area contributed by atoms with E-state index in [0.717, 1.165) is 47.6 Å². The minimum absolute atomic E-state index is 0.0837. The van der Waals surface area contributed by atoms with Gasteiger partial charge in [0, 0.05) is 36.1 Å². The molecule has 0 atom stereocenters. The summed E-state index contributed by atoms with van der Waals surface area (Å²) in [5, 5.41) is 0. The van der Waals surface area contributed by atoms with Crippen molar-refractivity contribution in [3.05, 3.63) is 23.8 Å². The van der Waals surface area contributed by atoms with Crippen molar-refractivity contribution in [1.82, 2.24) is 0 Å². The summed E-state index contributed by atoms with van der Waals surface area (Å²) in [5.41, 5.74) is 2.14. The lowest BCUT2D eigenvalue weighted by Gasteiger charge is -2.28. The molecule has 1 heterocycles. The molecule has 0 saturated carbocycles. The van der Waals surface area contributed by atoms with Crippen molar-refractivity contribution < 1.29 is 9.35 Å². The number of amides is 1. The second-order valence-electron chi connectivity index (χ2n) is 3.66. The topological polar surface area (TPSA) is 40.5 Å². The summed E-state index contributed by atoms with van der Waals surface area (Å²) in [7, 11) is 0. The maximum Gasteiger partial charge on any atom is 0.223 e. The van der Waals surface area contributed by atoms with Crippen molar-refractivity contribution in [2.24, 2.45) is 0 Å². The van der Waals surface area contributed by atoms with Crippen LogP contribution >= 0.6 is 12.0 Å². The van der Waals surface area contributed by atoms with Gasteiger partial charge in [-0.15, -0.1) is 0 Å². The summed E-state index contributed by atoms with van der Waals surface area (Å²) in [6.45, 7) is 2.39. The van der Waals surface area contributed by atoms with Crippen LogP contribution < -0.4 is 4.90 Å². The van der Waals surface area contributed by atoms with Crippen molar-refractivity contribution in [2.45, 2.75) is 24.7 Å². The normalized spacial score (nSPS) is 14.9.